The topological polar surface area (TPSA) is 113 Å². The van der Waals surface area contributed by atoms with Crippen molar-refractivity contribution in [2.75, 3.05) is 7.11 Å². The Morgan fingerprint density at radius 3 is 2.16 bits per heavy atom. The largest absolute Gasteiger partial charge is 0.468 e. The van der Waals surface area contributed by atoms with Gasteiger partial charge in [0.2, 0.25) is 0 Å². The molecule has 0 spiro atoms. The van der Waals surface area contributed by atoms with Crippen LogP contribution < -0.4 is 0 Å². The average molecular weight is 529 g/mol. The second kappa shape index (κ2) is 8.62. The first-order valence-electron chi connectivity index (χ1n) is 13.4. The molecule has 208 valence electrons. The van der Waals surface area contributed by atoms with E-state index in [-0.39, 0.29) is 35.1 Å². The van der Waals surface area contributed by atoms with Crippen LogP contribution >= 0.6 is 0 Å². The first-order valence-corrected chi connectivity index (χ1v) is 13.4. The number of ketones is 1. The van der Waals surface area contributed by atoms with Crippen molar-refractivity contribution >= 4 is 30.0 Å². The van der Waals surface area contributed by atoms with Gasteiger partial charge in [0.15, 0.2) is 5.78 Å². The second-order valence-electron chi connectivity index (χ2n) is 12.8. The number of fused-ring (bicyclic) bond motifs is 5. The summed E-state index contributed by atoms with van der Waals surface area (Å²) < 4.78 is 16.9. The smallest absolute Gasteiger partial charge is 0.321 e. The minimum atomic E-state index is -1.64. The average Bonchev–Trinajstić information content (AvgIpc) is 3.01. The summed E-state index contributed by atoms with van der Waals surface area (Å²) in [5.41, 5.74) is -4.50. The van der Waals surface area contributed by atoms with Crippen LogP contribution in [0.25, 0.3) is 0 Å². The molecular formula is C30H40O8. The molecule has 2 saturated carbocycles. The number of hydrogen-bond acceptors (Lipinski definition) is 8. The lowest BCUT2D eigenvalue weighted by atomic mass is 9.33. The standard InChI is InChI=1S/C30H40O8/c1-16-14-21-27(7,12-10-20-26(5,6)22(37-18(3)32)11-13-29(20,21)15-31)30(25(35)36-9)24(38-19(4)33)17(2)23(34)28(16,30)8/h14-15,20-22H,10-13H2,1-9H3/t20?,21?,22-,27-,28-,29-,30+/m0/s1. The quantitative estimate of drug-likeness (QED) is 0.227. The first kappa shape index (κ1) is 28.2. The van der Waals surface area contributed by atoms with Crippen LogP contribution in [0.5, 0.6) is 0 Å². The maximum absolute atomic E-state index is 14.1. The third-order valence-electron chi connectivity index (χ3n) is 11.0. The number of esters is 3. The van der Waals surface area contributed by atoms with Gasteiger partial charge in [-0.1, -0.05) is 32.4 Å². The fourth-order valence-electron chi connectivity index (χ4n) is 9.29. The number of carbonyl (C=O) groups is 5. The molecule has 4 rings (SSSR count). The van der Waals surface area contributed by atoms with Gasteiger partial charge in [-0.05, 0) is 63.7 Å². The van der Waals surface area contributed by atoms with Crippen LogP contribution in [0.3, 0.4) is 0 Å². The zero-order chi connectivity index (χ0) is 28.6. The van der Waals surface area contributed by atoms with Gasteiger partial charge in [-0.15, -0.1) is 0 Å². The summed E-state index contributed by atoms with van der Waals surface area (Å²) in [5.74, 6) is -2.48. The number of hydrogen-bond donors (Lipinski definition) is 0. The van der Waals surface area contributed by atoms with Crippen molar-refractivity contribution in [3.05, 3.63) is 23.0 Å². The molecule has 0 aliphatic heterocycles. The molecule has 4 aliphatic rings. The minimum Gasteiger partial charge on any atom is -0.468 e. The van der Waals surface area contributed by atoms with Crippen molar-refractivity contribution in [3.63, 3.8) is 0 Å². The summed E-state index contributed by atoms with van der Waals surface area (Å²) in [6, 6.07) is 0. The van der Waals surface area contributed by atoms with Crippen molar-refractivity contribution in [2.24, 2.45) is 38.9 Å². The highest BCUT2D eigenvalue weighted by Gasteiger charge is 2.81. The van der Waals surface area contributed by atoms with Crippen molar-refractivity contribution in [2.45, 2.75) is 87.2 Å². The Bertz CT molecular complexity index is 1190. The van der Waals surface area contributed by atoms with Crippen LogP contribution in [0.2, 0.25) is 0 Å². The minimum absolute atomic E-state index is 0.0386. The van der Waals surface area contributed by atoms with E-state index in [1.54, 1.807) is 13.8 Å². The molecule has 0 N–H and O–H groups in total. The summed E-state index contributed by atoms with van der Waals surface area (Å²) in [6.45, 7) is 13.8. The van der Waals surface area contributed by atoms with Crippen molar-refractivity contribution in [1.29, 1.82) is 0 Å². The SMILES string of the molecule is COC(=O)[C@@]12C(OC(C)=O)=C(C)C(=O)[C@]1(C)C(C)=CC1[C@]3(C=O)CC[C@H](OC(C)=O)C(C)(C)C3CC[C@@]12C. The maximum Gasteiger partial charge on any atom is 0.321 e. The Kier molecular flexibility index (Phi) is 6.40. The Morgan fingerprint density at radius 1 is 1.00 bits per heavy atom. The van der Waals surface area contributed by atoms with Crippen molar-refractivity contribution in [3.8, 4) is 0 Å². The Hall–Kier alpha value is -2.77. The third-order valence-corrected chi connectivity index (χ3v) is 11.0. The fraction of sp³-hybridized carbons (Fsp3) is 0.700. The van der Waals surface area contributed by atoms with E-state index in [1.165, 1.54) is 21.0 Å². The molecule has 0 bridgehead atoms. The Morgan fingerprint density at radius 2 is 1.63 bits per heavy atom. The lowest BCUT2D eigenvalue weighted by Gasteiger charge is -2.68. The molecule has 38 heavy (non-hydrogen) atoms. The van der Waals surface area contributed by atoms with E-state index in [9.17, 15) is 24.0 Å². The van der Waals surface area contributed by atoms with Crippen LogP contribution in [0.15, 0.2) is 23.0 Å². The molecule has 8 heteroatoms. The van der Waals surface area contributed by atoms with E-state index in [2.05, 4.69) is 0 Å². The second-order valence-corrected chi connectivity index (χ2v) is 12.8. The van der Waals surface area contributed by atoms with Gasteiger partial charge in [-0.25, -0.2) is 0 Å². The van der Waals surface area contributed by atoms with Crippen molar-refractivity contribution < 1.29 is 38.2 Å². The molecule has 8 nitrogen and oxygen atoms in total. The number of aldehydes is 1. The lowest BCUT2D eigenvalue weighted by molar-refractivity contribution is -0.218. The number of allylic oxidation sites excluding steroid dienone is 3. The molecule has 2 unspecified atom stereocenters. The third kappa shape index (κ3) is 3.06. The molecule has 0 aromatic carbocycles. The van der Waals surface area contributed by atoms with Gasteiger partial charge >= 0.3 is 17.9 Å². The molecule has 0 amide bonds. The normalized spacial score (nSPS) is 41.2. The Labute approximate surface area is 224 Å². The number of carbonyl (C=O) groups excluding carboxylic acids is 5. The van der Waals surface area contributed by atoms with Gasteiger partial charge in [-0.2, -0.15) is 0 Å². The molecular weight excluding hydrogens is 488 g/mol. The van der Waals surface area contributed by atoms with E-state index in [0.717, 1.165) is 6.29 Å². The van der Waals surface area contributed by atoms with Crippen LogP contribution in [0.4, 0.5) is 0 Å². The van der Waals surface area contributed by atoms with E-state index in [1.807, 2.05) is 33.8 Å². The molecule has 0 saturated heterocycles. The molecule has 0 aromatic rings. The molecule has 4 aliphatic carbocycles. The van der Waals surface area contributed by atoms with E-state index < -0.39 is 44.9 Å². The number of Topliss-reactive ketones (excluding diaryl/α,β-unsaturated/α-hetero) is 1. The van der Waals surface area contributed by atoms with Gasteiger partial charge in [0, 0.05) is 30.3 Å². The number of rotatable bonds is 4. The predicted octanol–water partition coefficient (Wildman–Crippen LogP) is 4.50. The van der Waals surface area contributed by atoms with Gasteiger partial charge in [-0.3, -0.25) is 19.2 Å². The summed E-state index contributed by atoms with van der Waals surface area (Å²) in [4.78, 5) is 65.7. The van der Waals surface area contributed by atoms with E-state index >= 15 is 0 Å². The summed E-state index contributed by atoms with van der Waals surface area (Å²) in [7, 11) is 1.28. The number of ether oxygens (including phenoxy) is 3. The van der Waals surface area contributed by atoms with Gasteiger partial charge in [0.05, 0.1) is 12.5 Å². The van der Waals surface area contributed by atoms with E-state index in [4.69, 9.17) is 14.2 Å². The summed E-state index contributed by atoms with van der Waals surface area (Å²) in [6.07, 6.45) is 4.68. The van der Waals surface area contributed by atoms with Crippen LogP contribution in [-0.4, -0.2) is 43.2 Å². The van der Waals surface area contributed by atoms with E-state index in [0.29, 0.717) is 31.3 Å². The molecule has 7 atom stereocenters. The summed E-state index contributed by atoms with van der Waals surface area (Å²) >= 11 is 0. The molecule has 2 fully saturated rings. The monoisotopic (exact) mass is 528 g/mol. The van der Waals surface area contributed by atoms with Crippen molar-refractivity contribution in [1.82, 2.24) is 0 Å². The Balaban J connectivity index is 2.03. The molecule has 0 heterocycles. The van der Waals surface area contributed by atoms with Gasteiger partial charge in [0.25, 0.3) is 0 Å². The fourth-order valence-corrected chi connectivity index (χ4v) is 9.29. The first-order chi connectivity index (χ1) is 17.5. The van der Waals surface area contributed by atoms with Gasteiger partial charge < -0.3 is 19.0 Å². The predicted molar refractivity (Wildman–Crippen MR) is 137 cm³/mol. The maximum atomic E-state index is 14.1. The highest BCUT2D eigenvalue weighted by molar-refractivity contribution is 6.11. The van der Waals surface area contributed by atoms with Gasteiger partial charge in [0.1, 0.15) is 23.6 Å². The van der Waals surface area contributed by atoms with Crippen LogP contribution in [0, 0.1) is 38.9 Å². The van der Waals surface area contributed by atoms with Crippen LogP contribution in [0.1, 0.15) is 81.1 Å². The summed E-state index contributed by atoms with van der Waals surface area (Å²) in [5, 5.41) is 0. The zero-order valence-electron chi connectivity index (χ0n) is 24.0. The zero-order valence-corrected chi connectivity index (χ0v) is 24.0. The highest BCUT2D eigenvalue weighted by atomic mass is 16.6. The lowest BCUT2D eigenvalue weighted by Crippen LogP contribution is -2.70. The highest BCUT2D eigenvalue weighted by Crippen LogP contribution is 2.77. The molecule has 0 radical (unpaired) electrons. The number of methoxy groups -OCH3 is 1. The van der Waals surface area contributed by atoms with Crippen LogP contribution in [-0.2, 0) is 38.2 Å². The molecule has 0 aromatic heterocycles.